The van der Waals surface area contributed by atoms with Gasteiger partial charge < -0.3 is 5.11 Å². The molecule has 0 spiro atoms. The van der Waals surface area contributed by atoms with Crippen molar-refractivity contribution in [2.24, 2.45) is 0 Å². The van der Waals surface area contributed by atoms with Crippen molar-refractivity contribution >= 4 is 5.97 Å². The molecule has 0 amide bonds. The number of carbonyl (C=O) groups is 1. The molecule has 0 saturated heterocycles. The molecule has 0 aliphatic carbocycles. The van der Waals surface area contributed by atoms with Gasteiger partial charge in [-0.1, -0.05) is 79.8 Å². The number of hydrogen-bond acceptors (Lipinski definition) is 3. The van der Waals surface area contributed by atoms with E-state index in [-0.39, 0.29) is 6.42 Å². The van der Waals surface area contributed by atoms with Gasteiger partial charge in [0.1, 0.15) is 6.10 Å². The summed E-state index contributed by atoms with van der Waals surface area (Å²) in [6, 6.07) is 0. The van der Waals surface area contributed by atoms with Gasteiger partial charge in [0.15, 0.2) is 0 Å². The van der Waals surface area contributed by atoms with Gasteiger partial charge in [-0.2, -0.15) is 0 Å². The maximum Gasteiger partial charge on any atom is 0.303 e. The van der Waals surface area contributed by atoms with Gasteiger partial charge in [0.05, 0.1) is 0 Å². The quantitative estimate of drug-likeness (QED) is 0.162. The predicted molar refractivity (Wildman–Crippen MR) is 108 cm³/mol. The molecule has 26 heavy (non-hydrogen) atoms. The van der Waals surface area contributed by atoms with E-state index in [2.05, 4.69) is 48.3 Å². The van der Waals surface area contributed by atoms with Crippen LogP contribution >= 0.6 is 0 Å². The van der Waals surface area contributed by atoms with E-state index in [1.807, 2.05) is 24.3 Å². The SMILES string of the molecule is CC/C=C\C/C=C\C/C=C\C/C=C\C=C\C(C/C=C\CCC(=O)O)OO. The predicted octanol–water partition coefficient (Wildman–Crippen LogP) is 6.02. The van der Waals surface area contributed by atoms with Gasteiger partial charge in [-0.15, -0.1) is 0 Å². The number of aliphatic carboxylic acids is 1. The summed E-state index contributed by atoms with van der Waals surface area (Å²) in [5.74, 6) is -0.816. The molecular formula is C22H32O4. The van der Waals surface area contributed by atoms with Crippen molar-refractivity contribution < 1.29 is 20.0 Å². The second-order valence-corrected chi connectivity index (χ2v) is 5.63. The monoisotopic (exact) mass is 360 g/mol. The molecular weight excluding hydrogens is 328 g/mol. The number of carboxylic acids is 1. The molecule has 1 atom stereocenters. The lowest BCUT2D eigenvalue weighted by Crippen LogP contribution is -2.05. The van der Waals surface area contributed by atoms with E-state index in [1.165, 1.54) is 0 Å². The lowest BCUT2D eigenvalue weighted by atomic mass is 10.2. The molecule has 0 radical (unpaired) electrons. The summed E-state index contributed by atoms with van der Waals surface area (Å²) in [6.45, 7) is 2.13. The zero-order valence-electron chi connectivity index (χ0n) is 15.7. The van der Waals surface area contributed by atoms with Crippen LogP contribution in [-0.2, 0) is 9.68 Å². The van der Waals surface area contributed by atoms with Gasteiger partial charge in [-0.3, -0.25) is 10.1 Å². The molecule has 0 aliphatic rings. The van der Waals surface area contributed by atoms with E-state index >= 15 is 0 Å². The summed E-state index contributed by atoms with van der Waals surface area (Å²) < 4.78 is 0. The van der Waals surface area contributed by atoms with Crippen LogP contribution in [0.4, 0.5) is 0 Å². The Labute approximate surface area is 157 Å². The summed E-state index contributed by atoms with van der Waals surface area (Å²) in [5.41, 5.74) is 0. The van der Waals surface area contributed by atoms with Crippen LogP contribution in [0, 0.1) is 0 Å². The molecule has 0 rings (SSSR count). The average molecular weight is 360 g/mol. The molecule has 0 fully saturated rings. The first-order chi connectivity index (χ1) is 12.7. The van der Waals surface area contributed by atoms with E-state index < -0.39 is 12.1 Å². The molecule has 0 aromatic rings. The highest BCUT2D eigenvalue weighted by Gasteiger charge is 2.00. The molecule has 4 nitrogen and oxygen atoms in total. The Morgan fingerprint density at radius 2 is 1.50 bits per heavy atom. The lowest BCUT2D eigenvalue weighted by molar-refractivity contribution is -0.264. The van der Waals surface area contributed by atoms with Gasteiger partial charge in [-0.05, 0) is 38.5 Å². The first-order valence-electron chi connectivity index (χ1n) is 9.16. The first-order valence-corrected chi connectivity index (χ1v) is 9.16. The van der Waals surface area contributed by atoms with E-state index in [0.29, 0.717) is 12.8 Å². The summed E-state index contributed by atoms with van der Waals surface area (Å²) in [4.78, 5) is 14.7. The van der Waals surface area contributed by atoms with Crippen molar-refractivity contribution in [3.63, 3.8) is 0 Å². The minimum Gasteiger partial charge on any atom is -0.481 e. The van der Waals surface area contributed by atoms with Crippen LogP contribution in [0.1, 0.15) is 51.9 Å². The molecule has 0 aromatic carbocycles. The Kier molecular flexibility index (Phi) is 17.6. The van der Waals surface area contributed by atoms with E-state index in [9.17, 15) is 4.79 Å². The van der Waals surface area contributed by atoms with Crippen molar-refractivity contribution in [2.45, 2.75) is 58.0 Å². The van der Waals surface area contributed by atoms with Crippen LogP contribution in [0.25, 0.3) is 0 Å². The molecule has 1 unspecified atom stereocenters. The molecule has 0 aromatic heterocycles. The van der Waals surface area contributed by atoms with Crippen molar-refractivity contribution in [3.05, 3.63) is 72.9 Å². The fourth-order valence-corrected chi connectivity index (χ4v) is 1.94. The molecule has 0 saturated carbocycles. The van der Waals surface area contributed by atoms with Crippen LogP contribution < -0.4 is 0 Å². The Morgan fingerprint density at radius 1 is 0.885 bits per heavy atom. The number of carboxylic acid groups (broad SMARTS) is 1. The highest BCUT2D eigenvalue weighted by atomic mass is 17.1. The van der Waals surface area contributed by atoms with E-state index in [0.717, 1.165) is 25.7 Å². The maximum absolute atomic E-state index is 10.4. The minimum absolute atomic E-state index is 0.110. The molecule has 2 N–H and O–H groups in total. The average Bonchev–Trinajstić information content (AvgIpc) is 2.63. The molecule has 4 heteroatoms. The third-order valence-corrected chi connectivity index (χ3v) is 3.32. The van der Waals surface area contributed by atoms with Crippen LogP contribution in [0.3, 0.4) is 0 Å². The molecule has 144 valence electrons. The Morgan fingerprint density at radius 3 is 2.08 bits per heavy atom. The van der Waals surface area contributed by atoms with Crippen molar-refractivity contribution in [2.75, 3.05) is 0 Å². The largest absolute Gasteiger partial charge is 0.481 e. The summed E-state index contributed by atoms with van der Waals surface area (Å²) in [7, 11) is 0. The van der Waals surface area contributed by atoms with Gasteiger partial charge in [0.2, 0.25) is 0 Å². The lowest BCUT2D eigenvalue weighted by Gasteiger charge is -2.04. The van der Waals surface area contributed by atoms with Crippen LogP contribution in [0.5, 0.6) is 0 Å². The van der Waals surface area contributed by atoms with Crippen LogP contribution in [0.15, 0.2) is 72.9 Å². The van der Waals surface area contributed by atoms with Gasteiger partial charge in [0.25, 0.3) is 0 Å². The van der Waals surface area contributed by atoms with Crippen LogP contribution in [-0.4, -0.2) is 22.4 Å². The molecule has 0 heterocycles. The Balaban J connectivity index is 3.87. The summed E-state index contributed by atoms with van der Waals surface area (Å²) in [5, 5.41) is 17.4. The smallest absolute Gasteiger partial charge is 0.303 e. The van der Waals surface area contributed by atoms with Crippen molar-refractivity contribution in [1.29, 1.82) is 0 Å². The molecule has 0 aliphatic heterocycles. The van der Waals surface area contributed by atoms with Crippen molar-refractivity contribution in [1.82, 2.24) is 0 Å². The standard InChI is InChI=1S/C22H32O4/c1-2-3-4-5-6-7-8-9-10-11-12-13-15-18-21(26-25)19-16-14-17-20-22(23)24/h3-4,6-7,9-10,12-16,18,21,25H,2,5,8,11,17,19-20H2,1H3,(H,23,24)/b4-3-,7-6-,10-9-,13-12-,16-14-,18-15+. The van der Waals surface area contributed by atoms with Gasteiger partial charge in [-0.25, -0.2) is 4.89 Å². The van der Waals surface area contributed by atoms with E-state index in [1.54, 1.807) is 12.2 Å². The topological polar surface area (TPSA) is 66.8 Å². The van der Waals surface area contributed by atoms with Crippen LogP contribution in [0.2, 0.25) is 0 Å². The number of hydrogen-bond donors (Lipinski definition) is 2. The van der Waals surface area contributed by atoms with Gasteiger partial charge >= 0.3 is 5.97 Å². The normalized spacial score (nSPS) is 14.2. The molecule has 0 bridgehead atoms. The van der Waals surface area contributed by atoms with E-state index in [4.69, 9.17) is 10.4 Å². The third-order valence-electron chi connectivity index (χ3n) is 3.32. The minimum atomic E-state index is -0.816. The van der Waals surface area contributed by atoms with Gasteiger partial charge in [0, 0.05) is 6.42 Å². The highest BCUT2D eigenvalue weighted by Crippen LogP contribution is 2.03. The van der Waals surface area contributed by atoms with Crippen molar-refractivity contribution in [3.8, 4) is 0 Å². The fraction of sp³-hybridized carbons (Fsp3) is 0.409. The zero-order valence-corrected chi connectivity index (χ0v) is 15.7. The second-order valence-electron chi connectivity index (χ2n) is 5.63. The first kappa shape index (κ1) is 23.8. The Bertz CT molecular complexity index is 510. The number of allylic oxidation sites excluding steroid dienone is 10. The highest BCUT2D eigenvalue weighted by molar-refractivity contribution is 5.66. The maximum atomic E-state index is 10.4. The summed E-state index contributed by atoms with van der Waals surface area (Å²) >= 11 is 0. The zero-order chi connectivity index (χ0) is 19.3. The fourth-order valence-electron chi connectivity index (χ4n) is 1.94. The third kappa shape index (κ3) is 18.2. The summed E-state index contributed by atoms with van der Waals surface area (Å²) in [6.07, 6.45) is 28.6. The Hall–Kier alpha value is -2.17. The second kappa shape index (κ2) is 19.2. The number of rotatable bonds is 15.